The molecule has 0 saturated heterocycles. The van der Waals surface area contributed by atoms with E-state index in [1.54, 1.807) is 12.3 Å². The zero-order valence-corrected chi connectivity index (χ0v) is 8.80. The molecule has 16 heavy (non-hydrogen) atoms. The summed E-state index contributed by atoms with van der Waals surface area (Å²) < 4.78 is 2.04. The molecule has 0 aliphatic heterocycles. The first-order valence-corrected chi connectivity index (χ1v) is 5.34. The normalized spacial score (nSPS) is 14.4. The molecule has 0 unspecified atom stereocenters. The van der Waals surface area contributed by atoms with E-state index in [-0.39, 0.29) is 0 Å². The maximum absolute atomic E-state index is 9.40. The van der Waals surface area contributed by atoms with Crippen molar-refractivity contribution >= 4 is 11.8 Å². The third-order valence-corrected chi connectivity index (χ3v) is 2.94. The van der Waals surface area contributed by atoms with Gasteiger partial charge in [0.15, 0.2) is 0 Å². The Morgan fingerprint density at radius 3 is 3.00 bits per heavy atom. The lowest BCUT2D eigenvalue weighted by Gasteiger charge is -2.17. The average Bonchev–Trinajstić information content (AvgIpc) is 2.82. The standard InChI is InChI=1S/C13H12N2O/c16-13-4-2-10-7-12(3-1-11(10)8-13)15-6-5-14-9-15/h2,4-9,16H,1,3H2. The summed E-state index contributed by atoms with van der Waals surface area (Å²) >= 11 is 0. The van der Waals surface area contributed by atoms with Gasteiger partial charge in [0.25, 0.3) is 0 Å². The highest BCUT2D eigenvalue weighted by atomic mass is 16.3. The first-order valence-electron chi connectivity index (χ1n) is 5.34. The second kappa shape index (κ2) is 3.52. The number of phenolic OH excluding ortho intramolecular Hbond substituents is 1. The van der Waals surface area contributed by atoms with Gasteiger partial charge in [0.2, 0.25) is 0 Å². The number of phenols is 1. The zero-order valence-electron chi connectivity index (χ0n) is 8.80. The molecule has 3 rings (SSSR count). The quantitative estimate of drug-likeness (QED) is 0.788. The van der Waals surface area contributed by atoms with Gasteiger partial charge < -0.3 is 9.67 Å². The summed E-state index contributed by atoms with van der Waals surface area (Å²) in [4.78, 5) is 4.05. The van der Waals surface area contributed by atoms with E-state index in [2.05, 4.69) is 11.1 Å². The Balaban J connectivity index is 2.05. The van der Waals surface area contributed by atoms with Gasteiger partial charge in [-0.05, 0) is 42.2 Å². The van der Waals surface area contributed by atoms with Crippen LogP contribution in [0, 0.1) is 0 Å². The summed E-state index contributed by atoms with van der Waals surface area (Å²) in [6, 6.07) is 5.53. The summed E-state index contributed by atoms with van der Waals surface area (Å²) in [5.41, 5.74) is 3.65. The fourth-order valence-corrected chi connectivity index (χ4v) is 2.10. The Labute approximate surface area is 93.7 Å². The molecule has 3 heteroatoms. The third-order valence-electron chi connectivity index (χ3n) is 2.94. The Hall–Kier alpha value is -2.03. The van der Waals surface area contributed by atoms with Gasteiger partial charge >= 0.3 is 0 Å². The van der Waals surface area contributed by atoms with Crippen molar-refractivity contribution in [3.8, 4) is 5.75 Å². The summed E-state index contributed by atoms with van der Waals surface area (Å²) in [6.45, 7) is 0. The van der Waals surface area contributed by atoms with Crippen LogP contribution in [0.4, 0.5) is 0 Å². The van der Waals surface area contributed by atoms with Gasteiger partial charge in [-0.25, -0.2) is 4.98 Å². The number of nitrogens with zero attached hydrogens (tertiary/aromatic N) is 2. The maximum Gasteiger partial charge on any atom is 0.115 e. The number of allylic oxidation sites excluding steroid dienone is 1. The van der Waals surface area contributed by atoms with E-state index >= 15 is 0 Å². The molecule has 0 fully saturated rings. The van der Waals surface area contributed by atoms with E-state index in [1.165, 1.54) is 16.8 Å². The fourth-order valence-electron chi connectivity index (χ4n) is 2.10. The Kier molecular flexibility index (Phi) is 2.03. The van der Waals surface area contributed by atoms with Gasteiger partial charge in [0.05, 0.1) is 6.33 Å². The summed E-state index contributed by atoms with van der Waals surface area (Å²) in [5, 5.41) is 9.40. The van der Waals surface area contributed by atoms with Crippen molar-refractivity contribution in [1.82, 2.24) is 9.55 Å². The van der Waals surface area contributed by atoms with Crippen molar-refractivity contribution in [2.45, 2.75) is 12.8 Å². The largest absolute Gasteiger partial charge is 0.508 e. The number of aromatic hydroxyl groups is 1. The minimum atomic E-state index is 0.346. The van der Waals surface area contributed by atoms with Crippen molar-refractivity contribution in [2.75, 3.05) is 0 Å². The lowest BCUT2D eigenvalue weighted by Crippen LogP contribution is -2.02. The minimum Gasteiger partial charge on any atom is -0.508 e. The monoisotopic (exact) mass is 212 g/mol. The number of hydrogen-bond acceptors (Lipinski definition) is 2. The summed E-state index contributed by atoms with van der Waals surface area (Å²) in [7, 11) is 0. The van der Waals surface area contributed by atoms with E-state index in [4.69, 9.17) is 0 Å². The molecule has 0 atom stereocenters. The van der Waals surface area contributed by atoms with E-state index in [0.717, 1.165) is 12.8 Å². The van der Waals surface area contributed by atoms with E-state index < -0.39 is 0 Å². The maximum atomic E-state index is 9.40. The highest BCUT2D eigenvalue weighted by Crippen LogP contribution is 2.28. The smallest absolute Gasteiger partial charge is 0.115 e. The van der Waals surface area contributed by atoms with Crippen LogP contribution in [0.1, 0.15) is 17.5 Å². The molecular formula is C13H12N2O. The lowest BCUT2D eigenvalue weighted by atomic mass is 9.95. The minimum absolute atomic E-state index is 0.346. The van der Waals surface area contributed by atoms with E-state index in [1.807, 2.05) is 29.2 Å². The van der Waals surface area contributed by atoms with Crippen LogP contribution in [0.2, 0.25) is 0 Å². The SMILES string of the molecule is Oc1ccc2c(c1)CCC(n1ccnc1)=C2. The van der Waals surface area contributed by atoms with Gasteiger partial charge in [0.1, 0.15) is 5.75 Å². The van der Waals surface area contributed by atoms with Gasteiger partial charge in [-0.1, -0.05) is 6.07 Å². The van der Waals surface area contributed by atoms with E-state index in [9.17, 15) is 5.11 Å². The van der Waals surface area contributed by atoms with Crippen molar-refractivity contribution in [2.24, 2.45) is 0 Å². The summed E-state index contributed by atoms with van der Waals surface area (Å²) in [6.07, 6.45) is 9.65. The molecule has 80 valence electrons. The van der Waals surface area contributed by atoms with Crippen LogP contribution in [0.5, 0.6) is 5.75 Å². The molecule has 0 spiro atoms. The highest BCUT2D eigenvalue weighted by molar-refractivity contribution is 5.75. The number of imidazole rings is 1. The van der Waals surface area contributed by atoms with Gasteiger partial charge in [-0.2, -0.15) is 0 Å². The zero-order chi connectivity index (χ0) is 11.0. The van der Waals surface area contributed by atoms with Crippen molar-refractivity contribution < 1.29 is 5.11 Å². The molecule has 0 amide bonds. The number of rotatable bonds is 1. The predicted octanol–water partition coefficient (Wildman–Crippen LogP) is 2.53. The van der Waals surface area contributed by atoms with E-state index in [0.29, 0.717) is 5.75 Å². The molecule has 1 aliphatic carbocycles. The second-order valence-electron chi connectivity index (χ2n) is 3.99. The highest BCUT2D eigenvalue weighted by Gasteiger charge is 2.11. The molecule has 2 aromatic rings. The number of hydrogen-bond donors (Lipinski definition) is 1. The van der Waals surface area contributed by atoms with Crippen molar-refractivity contribution in [3.63, 3.8) is 0 Å². The number of aromatic nitrogens is 2. The molecule has 1 aromatic carbocycles. The fraction of sp³-hybridized carbons (Fsp3) is 0.154. The molecule has 1 N–H and O–H groups in total. The molecule has 0 radical (unpaired) electrons. The van der Waals surface area contributed by atoms with Gasteiger partial charge in [-0.15, -0.1) is 0 Å². The Morgan fingerprint density at radius 2 is 2.19 bits per heavy atom. The first-order chi connectivity index (χ1) is 7.83. The third kappa shape index (κ3) is 1.50. The van der Waals surface area contributed by atoms with Crippen LogP contribution in [0.3, 0.4) is 0 Å². The molecule has 1 heterocycles. The average molecular weight is 212 g/mol. The first kappa shape index (κ1) is 9.21. The predicted molar refractivity (Wildman–Crippen MR) is 62.8 cm³/mol. The Bertz CT molecular complexity index is 541. The van der Waals surface area contributed by atoms with Gasteiger partial charge in [-0.3, -0.25) is 0 Å². The van der Waals surface area contributed by atoms with Crippen LogP contribution in [0.15, 0.2) is 36.9 Å². The van der Waals surface area contributed by atoms with Crippen molar-refractivity contribution in [1.29, 1.82) is 0 Å². The van der Waals surface area contributed by atoms with Crippen LogP contribution in [-0.4, -0.2) is 14.7 Å². The second-order valence-corrected chi connectivity index (χ2v) is 3.99. The van der Waals surface area contributed by atoms with Crippen LogP contribution in [0.25, 0.3) is 11.8 Å². The lowest BCUT2D eigenvalue weighted by molar-refractivity contribution is 0.474. The molecule has 3 nitrogen and oxygen atoms in total. The van der Waals surface area contributed by atoms with Gasteiger partial charge in [0, 0.05) is 18.1 Å². The topological polar surface area (TPSA) is 38.0 Å². The van der Waals surface area contributed by atoms with Crippen molar-refractivity contribution in [3.05, 3.63) is 48.0 Å². The molecular weight excluding hydrogens is 200 g/mol. The van der Waals surface area contributed by atoms with Crippen LogP contribution in [-0.2, 0) is 6.42 Å². The number of aryl methyl sites for hydroxylation is 1. The Morgan fingerprint density at radius 1 is 1.25 bits per heavy atom. The van der Waals surface area contributed by atoms with Crippen LogP contribution < -0.4 is 0 Å². The summed E-state index contributed by atoms with van der Waals surface area (Å²) in [5.74, 6) is 0.346. The number of benzene rings is 1. The number of fused-ring (bicyclic) bond motifs is 1. The molecule has 0 bridgehead atoms. The molecule has 0 saturated carbocycles. The molecule has 1 aromatic heterocycles. The van der Waals surface area contributed by atoms with Crippen LogP contribution >= 0.6 is 0 Å². The molecule has 1 aliphatic rings.